The summed E-state index contributed by atoms with van der Waals surface area (Å²) in [6.45, 7) is 0. The van der Waals surface area contributed by atoms with E-state index in [1.807, 2.05) is 18.2 Å². The maximum absolute atomic E-state index is 9.74. The number of aromatic hydroxyl groups is 6. The van der Waals surface area contributed by atoms with Gasteiger partial charge in [0.25, 0.3) is 0 Å². The Kier molecular flexibility index (Phi) is 7.55. The van der Waals surface area contributed by atoms with Crippen molar-refractivity contribution in [2.45, 2.75) is 35.2 Å². The first kappa shape index (κ1) is 22.7. The SMILES string of the molecule is Oc1ccc(CC[Se+](CCc2ccc(O)c(O)c2)CCc2ccc(O)c(O)c2)cc1O. The van der Waals surface area contributed by atoms with E-state index in [4.69, 9.17) is 0 Å². The number of rotatable bonds is 9. The summed E-state index contributed by atoms with van der Waals surface area (Å²) >= 11 is -1.10. The Hall–Kier alpha value is -3.02. The van der Waals surface area contributed by atoms with Crippen molar-refractivity contribution >= 4 is 13.9 Å². The monoisotopic (exact) mass is 491 g/mol. The molecule has 0 aliphatic carbocycles. The molecule has 0 fully saturated rings. The van der Waals surface area contributed by atoms with Crippen molar-refractivity contribution in [1.29, 1.82) is 0 Å². The van der Waals surface area contributed by atoms with E-state index in [1.54, 1.807) is 18.2 Å². The van der Waals surface area contributed by atoms with Gasteiger partial charge in [-0.3, -0.25) is 0 Å². The van der Waals surface area contributed by atoms with E-state index < -0.39 is 13.9 Å². The predicted molar refractivity (Wildman–Crippen MR) is 121 cm³/mol. The molecule has 0 aliphatic rings. The van der Waals surface area contributed by atoms with Crippen LogP contribution in [0.3, 0.4) is 0 Å². The molecule has 0 radical (unpaired) electrons. The zero-order valence-corrected chi connectivity index (χ0v) is 18.7. The van der Waals surface area contributed by atoms with Crippen molar-refractivity contribution in [3.63, 3.8) is 0 Å². The molecule has 6 N–H and O–H groups in total. The number of phenolic OH excluding ortho intramolecular Hbond substituents is 6. The predicted octanol–water partition coefficient (Wildman–Crippen LogP) is 4.44. The summed E-state index contributed by atoms with van der Waals surface area (Å²) < 4.78 is 0. The number of hydrogen-bond acceptors (Lipinski definition) is 6. The van der Waals surface area contributed by atoms with Crippen molar-refractivity contribution in [3.8, 4) is 34.5 Å². The first-order chi connectivity index (χ1) is 14.8. The van der Waals surface area contributed by atoms with Crippen molar-refractivity contribution in [2.24, 2.45) is 0 Å². The van der Waals surface area contributed by atoms with E-state index in [2.05, 4.69) is 0 Å². The molecule has 0 aliphatic heterocycles. The molecule has 3 aromatic carbocycles. The van der Waals surface area contributed by atoms with Gasteiger partial charge in [0, 0.05) is 0 Å². The van der Waals surface area contributed by atoms with Crippen LogP contribution in [0, 0.1) is 0 Å². The fourth-order valence-electron chi connectivity index (χ4n) is 3.27. The van der Waals surface area contributed by atoms with Gasteiger partial charge in [0.2, 0.25) is 0 Å². The molecular formula is C24H27O6Se+. The molecule has 0 aromatic heterocycles. The Bertz CT molecular complexity index is 905. The summed E-state index contributed by atoms with van der Waals surface area (Å²) in [6, 6.07) is 14.7. The Balaban J connectivity index is 1.66. The first-order valence-electron chi connectivity index (χ1n) is 9.98. The van der Waals surface area contributed by atoms with Crippen LogP contribution >= 0.6 is 0 Å². The Morgan fingerprint density at radius 1 is 0.419 bits per heavy atom. The van der Waals surface area contributed by atoms with E-state index in [0.29, 0.717) is 0 Å². The third kappa shape index (κ3) is 6.48. The standard InChI is InChI=1S/C24H26O6Se/c25-19-4-1-16(13-22(19)28)7-10-31(11-8-17-2-5-20(26)23(29)14-17)12-9-18-3-6-21(27)24(30)15-18/h1-6,13-15H,7-12H2,(H5-,25,26,27,28,29,30)/p+1. The second kappa shape index (κ2) is 10.3. The molecule has 0 atom stereocenters. The van der Waals surface area contributed by atoms with E-state index in [1.165, 1.54) is 18.2 Å². The second-order valence-electron chi connectivity index (χ2n) is 7.44. The van der Waals surface area contributed by atoms with Gasteiger partial charge in [0.05, 0.1) is 0 Å². The minimum atomic E-state index is -1.10. The van der Waals surface area contributed by atoms with E-state index >= 15 is 0 Å². The molecule has 3 rings (SSSR count). The van der Waals surface area contributed by atoms with Crippen molar-refractivity contribution < 1.29 is 30.6 Å². The Morgan fingerprint density at radius 2 is 0.710 bits per heavy atom. The molecule has 0 bridgehead atoms. The molecule has 3 aromatic rings. The van der Waals surface area contributed by atoms with Gasteiger partial charge < -0.3 is 0 Å². The quantitative estimate of drug-likeness (QED) is 0.195. The summed E-state index contributed by atoms with van der Waals surface area (Å²) in [5.74, 6) is -0.739. The molecule has 31 heavy (non-hydrogen) atoms. The Morgan fingerprint density at radius 3 is 0.968 bits per heavy atom. The summed E-state index contributed by atoms with van der Waals surface area (Å²) in [6.07, 6.45) is 2.38. The zero-order valence-electron chi connectivity index (χ0n) is 17.0. The van der Waals surface area contributed by atoms with Gasteiger partial charge >= 0.3 is 186 Å². The van der Waals surface area contributed by atoms with Crippen LogP contribution in [0.15, 0.2) is 54.6 Å². The fraction of sp³-hybridized carbons (Fsp3) is 0.250. The van der Waals surface area contributed by atoms with Crippen LogP contribution in [0.2, 0.25) is 16.0 Å². The first-order valence-corrected chi connectivity index (χ1v) is 13.6. The third-order valence-electron chi connectivity index (χ3n) is 5.16. The van der Waals surface area contributed by atoms with Crippen LogP contribution < -0.4 is 0 Å². The second-order valence-corrected chi connectivity index (χ2v) is 12.6. The number of phenols is 6. The van der Waals surface area contributed by atoms with E-state index in [-0.39, 0.29) is 34.5 Å². The maximum atomic E-state index is 9.74. The average Bonchev–Trinajstić information content (AvgIpc) is 2.74. The van der Waals surface area contributed by atoms with Crippen LogP contribution in [0.5, 0.6) is 34.5 Å². The van der Waals surface area contributed by atoms with Crippen molar-refractivity contribution in [3.05, 3.63) is 71.3 Å². The third-order valence-corrected chi connectivity index (χ3v) is 10.1. The normalized spacial score (nSPS) is 11.1. The number of hydrogen-bond donors (Lipinski definition) is 6. The van der Waals surface area contributed by atoms with E-state index in [0.717, 1.165) is 51.9 Å². The molecule has 0 heterocycles. The molecule has 6 nitrogen and oxygen atoms in total. The topological polar surface area (TPSA) is 121 Å². The van der Waals surface area contributed by atoms with Crippen LogP contribution in [0.4, 0.5) is 0 Å². The van der Waals surface area contributed by atoms with Gasteiger partial charge in [-0.1, -0.05) is 0 Å². The fourth-order valence-corrected chi connectivity index (χ4v) is 7.85. The van der Waals surface area contributed by atoms with Crippen molar-refractivity contribution in [1.82, 2.24) is 0 Å². The van der Waals surface area contributed by atoms with Crippen LogP contribution in [0.1, 0.15) is 16.7 Å². The van der Waals surface area contributed by atoms with Gasteiger partial charge in [-0.05, 0) is 0 Å². The van der Waals surface area contributed by atoms with Crippen molar-refractivity contribution in [2.75, 3.05) is 0 Å². The minimum absolute atomic E-state index is 0.117. The molecule has 7 heteroatoms. The number of aryl methyl sites for hydroxylation is 3. The van der Waals surface area contributed by atoms with Gasteiger partial charge in [-0.15, -0.1) is 0 Å². The average molecular weight is 490 g/mol. The van der Waals surface area contributed by atoms with Gasteiger partial charge in [-0.25, -0.2) is 0 Å². The molecule has 0 unspecified atom stereocenters. The summed E-state index contributed by atoms with van der Waals surface area (Å²) in [7, 11) is 0. The molecule has 0 saturated carbocycles. The van der Waals surface area contributed by atoms with Gasteiger partial charge in [0.15, 0.2) is 0 Å². The van der Waals surface area contributed by atoms with Gasteiger partial charge in [-0.2, -0.15) is 0 Å². The summed E-state index contributed by atoms with van der Waals surface area (Å²) in [5, 5.41) is 60.7. The van der Waals surface area contributed by atoms with E-state index in [9.17, 15) is 30.6 Å². The Labute approximate surface area is 185 Å². The zero-order chi connectivity index (χ0) is 22.4. The molecule has 0 amide bonds. The summed E-state index contributed by atoms with van der Waals surface area (Å²) in [4.78, 5) is 0. The molecular weight excluding hydrogens is 463 g/mol. The molecule has 0 spiro atoms. The molecule has 164 valence electrons. The van der Waals surface area contributed by atoms with Crippen LogP contribution in [0.25, 0.3) is 0 Å². The van der Waals surface area contributed by atoms with Gasteiger partial charge in [0.1, 0.15) is 0 Å². The molecule has 0 saturated heterocycles. The summed E-state index contributed by atoms with van der Waals surface area (Å²) in [5.41, 5.74) is 2.90. The number of benzene rings is 3. The van der Waals surface area contributed by atoms with Crippen LogP contribution in [-0.4, -0.2) is 44.5 Å². The van der Waals surface area contributed by atoms with Crippen LogP contribution in [-0.2, 0) is 19.3 Å².